The lowest BCUT2D eigenvalue weighted by atomic mass is 9.66. The molecule has 1 aliphatic rings. The van der Waals surface area contributed by atoms with Crippen molar-refractivity contribution in [2.75, 3.05) is 0 Å². The highest BCUT2D eigenvalue weighted by atomic mass is 14.4. The molecular weight excluding hydrogens is 276 g/mol. The Labute approximate surface area is 140 Å². The van der Waals surface area contributed by atoms with E-state index in [1.807, 2.05) is 18.2 Å². The summed E-state index contributed by atoms with van der Waals surface area (Å²) in [7, 11) is 0. The summed E-state index contributed by atoms with van der Waals surface area (Å²) in [6.45, 7) is 4.01. The van der Waals surface area contributed by atoms with E-state index in [9.17, 15) is 0 Å². The molecule has 0 N–H and O–H groups in total. The van der Waals surface area contributed by atoms with Crippen molar-refractivity contribution >= 4 is 0 Å². The maximum absolute atomic E-state index is 4.01. The lowest BCUT2D eigenvalue weighted by Gasteiger charge is -2.38. The summed E-state index contributed by atoms with van der Waals surface area (Å²) in [6, 6.07) is 18.9. The van der Waals surface area contributed by atoms with Crippen LogP contribution in [0.15, 0.2) is 67.3 Å². The highest BCUT2D eigenvalue weighted by Gasteiger charge is 2.33. The Balaban J connectivity index is 2.00. The molecule has 1 saturated carbocycles. The van der Waals surface area contributed by atoms with E-state index < -0.39 is 0 Å². The van der Waals surface area contributed by atoms with Gasteiger partial charge in [-0.25, -0.2) is 0 Å². The van der Waals surface area contributed by atoms with Gasteiger partial charge in [-0.3, -0.25) is 0 Å². The Morgan fingerprint density at radius 3 is 2.30 bits per heavy atom. The lowest BCUT2D eigenvalue weighted by molar-refractivity contribution is 0.294. The van der Waals surface area contributed by atoms with Crippen molar-refractivity contribution in [2.24, 2.45) is 0 Å². The van der Waals surface area contributed by atoms with Crippen LogP contribution in [0.25, 0.3) is 0 Å². The highest BCUT2D eigenvalue weighted by Crippen LogP contribution is 2.43. The zero-order chi connectivity index (χ0) is 16.0. The Morgan fingerprint density at radius 2 is 1.57 bits per heavy atom. The van der Waals surface area contributed by atoms with Gasteiger partial charge in [-0.1, -0.05) is 73.6 Å². The van der Waals surface area contributed by atoms with Gasteiger partial charge >= 0.3 is 0 Å². The zero-order valence-electron chi connectivity index (χ0n) is 13.7. The summed E-state index contributed by atoms with van der Waals surface area (Å²) in [5.74, 6) is 6.75. The van der Waals surface area contributed by atoms with E-state index >= 15 is 0 Å². The Bertz CT molecular complexity index is 706. The maximum Gasteiger partial charge on any atom is 0.0286 e. The van der Waals surface area contributed by atoms with Crippen LogP contribution in [-0.2, 0) is 5.41 Å². The summed E-state index contributed by atoms with van der Waals surface area (Å²) in [5.41, 5.74) is 3.91. The summed E-state index contributed by atoms with van der Waals surface area (Å²) in [6.07, 6.45) is 9.63. The first kappa shape index (κ1) is 15.6. The predicted octanol–water partition coefficient (Wildman–Crippen LogP) is 5.86. The van der Waals surface area contributed by atoms with E-state index in [0.29, 0.717) is 0 Å². The van der Waals surface area contributed by atoms with Crippen molar-refractivity contribution in [3.05, 3.63) is 83.9 Å². The number of hydrogen-bond donors (Lipinski definition) is 0. The number of hydrogen-bond acceptors (Lipinski definition) is 0. The van der Waals surface area contributed by atoms with Crippen LogP contribution in [0.2, 0.25) is 0 Å². The molecule has 0 amide bonds. The van der Waals surface area contributed by atoms with Crippen molar-refractivity contribution in [1.82, 2.24) is 0 Å². The van der Waals surface area contributed by atoms with Crippen molar-refractivity contribution in [1.29, 1.82) is 0 Å². The van der Waals surface area contributed by atoms with Gasteiger partial charge in [-0.05, 0) is 48.4 Å². The molecule has 0 aliphatic heterocycles. The van der Waals surface area contributed by atoms with E-state index in [2.05, 4.69) is 60.9 Å². The first-order chi connectivity index (χ1) is 11.3. The van der Waals surface area contributed by atoms with Crippen LogP contribution in [0.4, 0.5) is 0 Å². The van der Waals surface area contributed by atoms with E-state index in [-0.39, 0.29) is 5.41 Å². The third-order valence-corrected chi connectivity index (χ3v) is 4.96. The van der Waals surface area contributed by atoms with Gasteiger partial charge in [-0.2, -0.15) is 0 Å². The van der Waals surface area contributed by atoms with Gasteiger partial charge in [0.15, 0.2) is 0 Å². The van der Waals surface area contributed by atoms with Crippen molar-refractivity contribution in [3.63, 3.8) is 0 Å². The van der Waals surface area contributed by atoms with Gasteiger partial charge in [0.1, 0.15) is 0 Å². The third-order valence-electron chi connectivity index (χ3n) is 4.96. The molecule has 2 aromatic carbocycles. The summed E-state index contributed by atoms with van der Waals surface area (Å²) >= 11 is 0. The fraction of sp³-hybridized carbons (Fsp3) is 0.304. The molecule has 0 nitrogen and oxygen atoms in total. The van der Waals surface area contributed by atoms with Crippen LogP contribution in [-0.4, -0.2) is 0 Å². The molecule has 23 heavy (non-hydrogen) atoms. The molecule has 116 valence electrons. The molecule has 0 atom stereocenters. The van der Waals surface area contributed by atoms with E-state index in [0.717, 1.165) is 12.0 Å². The van der Waals surface area contributed by atoms with Crippen LogP contribution in [0.3, 0.4) is 0 Å². The second-order valence-electron chi connectivity index (χ2n) is 6.50. The molecule has 1 fully saturated rings. The van der Waals surface area contributed by atoms with E-state index in [4.69, 9.17) is 0 Å². The Morgan fingerprint density at radius 1 is 0.870 bits per heavy atom. The molecule has 0 unspecified atom stereocenters. The van der Waals surface area contributed by atoms with Crippen LogP contribution in [0, 0.1) is 11.8 Å². The topological polar surface area (TPSA) is 0 Å². The minimum Gasteiger partial charge on any atom is -0.103 e. The largest absolute Gasteiger partial charge is 0.103 e. The summed E-state index contributed by atoms with van der Waals surface area (Å²) < 4.78 is 0. The number of benzene rings is 2. The van der Waals surface area contributed by atoms with Crippen molar-refractivity contribution in [2.45, 2.75) is 43.9 Å². The maximum atomic E-state index is 4.01. The molecule has 3 rings (SSSR count). The van der Waals surface area contributed by atoms with E-state index in [1.165, 1.54) is 43.2 Å². The minimum atomic E-state index is 0.238. The van der Waals surface area contributed by atoms with Gasteiger partial charge in [0.25, 0.3) is 0 Å². The number of allylic oxidation sites excluding steroid dienone is 1. The molecule has 0 spiro atoms. The smallest absolute Gasteiger partial charge is 0.0286 e. The first-order valence-corrected chi connectivity index (χ1v) is 8.62. The lowest BCUT2D eigenvalue weighted by Crippen LogP contribution is -2.29. The molecule has 0 bridgehead atoms. The standard InChI is InChI=1S/C23H24/c1-2-17-23(18-9-4-10-19-23)22-14-8-7-13-21(22)16-15-20-11-5-3-6-12-20/h2-3,5-8,11-14H,1,4,9-10,17-19H2. The fourth-order valence-corrected chi connectivity index (χ4v) is 3.80. The molecule has 1 aliphatic carbocycles. The second kappa shape index (κ2) is 7.34. The van der Waals surface area contributed by atoms with Crippen molar-refractivity contribution in [3.8, 4) is 11.8 Å². The van der Waals surface area contributed by atoms with Crippen LogP contribution in [0.5, 0.6) is 0 Å². The minimum absolute atomic E-state index is 0.238. The average molecular weight is 300 g/mol. The molecule has 0 aromatic heterocycles. The normalized spacial score (nSPS) is 16.2. The molecule has 0 radical (unpaired) electrons. The van der Waals surface area contributed by atoms with Crippen LogP contribution >= 0.6 is 0 Å². The van der Waals surface area contributed by atoms with Gasteiger partial charge < -0.3 is 0 Å². The van der Waals surface area contributed by atoms with Crippen molar-refractivity contribution < 1.29 is 0 Å². The quantitative estimate of drug-likeness (QED) is 0.491. The Kier molecular flexibility index (Phi) is 4.99. The van der Waals surface area contributed by atoms with Crippen LogP contribution in [0.1, 0.15) is 55.2 Å². The predicted molar refractivity (Wildman–Crippen MR) is 98.4 cm³/mol. The molecule has 2 aromatic rings. The van der Waals surface area contributed by atoms with Gasteiger partial charge in [-0.15, -0.1) is 6.58 Å². The summed E-state index contributed by atoms with van der Waals surface area (Å²) in [5, 5.41) is 0. The number of rotatable bonds is 3. The second-order valence-corrected chi connectivity index (χ2v) is 6.50. The van der Waals surface area contributed by atoms with Gasteiger partial charge in [0.2, 0.25) is 0 Å². The first-order valence-electron chi connectivity index (χ1n) is 8.62. The van der Waals surface area contributed by atoms with Crippen LogP contribution < -0.4 is 0 Å². The molecular formula is C23H24. The zero-order valence-corrected chi connectivity index (χ0v) is 13.7. The average Bonchev–Trinajstić information content (AvgIpc) is 2.62. The SMILES string of the molecule is C=CCC1(c2ccccc2C#Cc2ccccc2)CCCCC1. The third kappa shape index (κ3) is 3.57. The van der Waals surface area contributed by atoms with Gasteiger partial charge in [0, 0.05) is 11.1 Å². The highest BCUT2D eigenvalue weighted by molar-refractivity contribution is 5.49. The van der Waals surface area contributed by atoms with E-state index in [1.54, 1.807) is 0 Å². The Hall–Kier alpha value is -2.26. The fourth-order valence-electron chi connectivity index (χ4n) is 3.80. The summed E-state index contributed by atoms with van der Waals surface area (Å²) in [4.78, 5) is 0. The molecule has 0 heteroatoms. The molecule has 0 saturated heterocycles. The molecule has 0 heterocycles. The monoisotopic (exact) mass is 300 g/mol. The van der Waals surface area contributed by atoms with Gasteiger partial charge in [0.05, 0.1) is 0 Å².